The molecule has 0 spiro atoms. The fourth-order valence-corrected chi connectivity index (χ4v) is 5.29. The number of carbonyl (C=O) groups excluding carboxylic acids is 2. The third-order valence-corrected chi connectivity index (χ3v) is 6.70. The Morgan fingerprint density at radius 2 is 1.71 bits per heavy atom. The molecule has 0 bridgehead atoms. The van der Waals surface area contributed by atoms with Gasteiger partial charge in [0.25, 0.3) is 0 Å². The van der Waals surface area contributed by atoms with Gasteiger partial charge in [-0.25, -0.2) is 4.79 Å². The average Bonchev–Trinajstić information content (AvgIpc) is 3.11. The molecule has 1 unspecified atom stereocenters. The molecule has 1 saturated heterocycles. The van der Waals surface area contributed by atoms with Crippen LogP contribution in [0.25, 0.3) is 11.1 Å². The van der Waals surface area contributed by atoms with Crippen molar-refractivity contribution >= 4 is 11.9 Å². The molecule has 5 nitrogen and oxygen atoms in total. The van der Waals surface area contributed by atoms with Crippen LogP contribution >= 0.6 is 0 Å². The van der Waals surface area contributed by atoms with Crippen LogP contribution in [0.1, 0.15) is 29.9 Å². The van der Waals surface area contributed by atoms with Crippen molar-refractivity contribution in [3.05, 3.63) is 83.5 Å². The summed E-state index contributed by atoms with van der Waals surface area (Å²) in [5, 5.41) is 0. The van der Waals surface area contributed by atoms with E-state index in [9.17, 15) is 9.59 Å². The van der Waals surface area contributed by atoms with Crippen LogP contribution in [0.2, 0.25) is 0 Å². The van der Waals surface area contributed by atoms with Gasteiger partial charge in [0.05, 0.1) is 6.54 Å². The van der Waals surface area contributed by atoms with Crippen molar-refractivity contribution in [2.75, 3.05) is 19.7 Å². The summed E-state index contributed by atoms with van der Waals surface area (Å²) in [6.45, 7) is 0.998. The summed E-state index contributed by atoms with van der Waals surface area (Å²) < 4.78 is 5.94. The summed E-state index contributed by atoms with van der Waals surface area (Å²) in [5.74, 6) is -0.392. The molecule has 158 valence electrons. The molecule has 2 aliphatic carbocycles. The number of piperidine rings is 1. The summed E-state index contributed by atoms with van der Waals surface area (Å²) in [5.41, 5.74) is 11.3. The van der Waals surface area contributed by atoms with E-state index in [-0.39, 0.29) is 25.0 Å². The third-order valence-electron chi connectivity index (χ3n) is 6.70. The molecule has 0 saturated carbocycles. The number of likely N-dealkylation sites (tertiary alicyclic amines) is 1. The van der Waals surface area contributed by atoms with Gasteiger partial charge in [-0.05, 0) is 46.6 Å². The van der Waals surface area contributed by atoms with Crippen molar-refractivity contribution < 1.29 is 14.3 Å². The molecule has 1 fully saturated rings. The van der Waals surface area contributed by atoms with Gasteiger partial charge in [-0.15, -0.1) is 0 Å². The van der Waals surface area contributed by atoms with Crippen molar-refractivity contribution in [1.82, 2.24) is 4.90 Å². The standard InChI is InChI=1S/C26H26N2O3/c27-24(29)15-28-14-13-17-7-1-2-8-18(17)25(28)26(30)31-16-23-21-11-5-3-9-19(21)20-10-4-6-12-22(20)23/h1-6,8-12,17,23,25H,7,13-16H2,(H2,27,29)/t17?,25-/m0/s1. The number of rotatable bonds is 5. The summed E-state index contributed by atoms with van der Waals surface area (Å²) in [4.78, 5) is 26.8. The Morgan fingerprint density at radius 3 is 2.39 bits per heavy atom. The maximum atomic E-state index is 13.3. The van der Waals surface area contributed by atoms with Crippen LogP contribution in [-0.4, -0.2) is 42.5 Å². The predicted octanol–water partition coefficient (Wildman–Crippen LogP) is 3.40. The lowest BCUT2D eigenvalue weighted by molar-refractivity contribution is -0.150. The van der Waals surface area contributed by atoms with Gasteiger partial charge in [0.15, 0.2) is 0 Å². The Morgan fingerprint density at radius 1 is 1.03 bits per heavy atom. The van der Waals surface area contributed by atoms with Crippen molar-refractivity contribution in [3.63, 3.8) is 0 Å². The fraction of sp³-hybridized carbons (Fsp3) is 0.308. The minimum Gasteiger partial charge on any atom is -0.463 e. The highest BCUT2D eigenvalue weighted by molar-refractivity contribution is 5.83. The Kier molecular flexibility index (Phi) is 5.20. The Bertz CT molecular complexity index is 1040. The van der Waals surface area contributed by atoms with E-state index in [0.717, 1.165) is 18.4 Å². The second-order valence-electron chi connectivity index (χ2n) is 8.51. The average molecular weight is 415 g/mol. The van der Waals surface area contributed by atoms with Gasteiger partial charge in [-0.2, -0.15) is 0 Å². The lowest BCUT2D eigenvalue weighted by Crippen LogP contribution is -2.52. The van der Waals surface area contributed by atoms with Crippen molar-refractivity contribution in [3.8, 4) is 11.1 Å². The largest absolute Gasteiger partial charge is 0.463 e. The van der Waals surface area contributed by atoms with Gasteiger partial charge < -0.3 is 10.5 Å². The molecular weight excluding hydrogens is 388 g/mol. The van der Waals surface area contributed by atoms with E-state index in [1.165, 1.54) is 22.3 Å². The molecule has 2 aromatic carbocycles. The van der Waals surface area contributed by atoms with Crippen LogP contribution < -0.4 is 5.73 Å². The summed E-state index contributed by atoms with van der Waals surface area (Å²) in [6.07, 6.45) is 7.96. The first kappa shape index (κ1) is 19.8. The first-order valence-corrected chi connectivity index (χ1v) is 10.9. The molecule has 2 aromatic rings. The SMILES string of the molecule is NC(=O)CN1CCC2CC=CC=C2[C@H]1C(=O)OCC1c2ccccc2-c2ccccc21. The highest BCUT2D eigenvalue weighted by atomic mass is 16.5. The van der Waals surface area contributed by atoms with E-state index in [1.54, 1.807) is 0 Å². The molecule has 0 aromatic heterocycles. The van der Waals surface area contributed by atoms with E-state index in [2.05, 4.69) is 30.3 Å². The number of ether oxygens (including phenoxy) is 1. The Hall–Kier alpha value is -3.18. The van der Waals surface area contributed by atoms with Crippen LogP contribution in [0.3, 0.4) is 0 Å². The van der Waals surface area contributed by atoms with Gasteiger partial charge in [0.1, 0.15) is 12.6 Å². The van der Waals surface area contributed by atoms with Crippen molar-refractivity contribution in [2.45, 2.75) is 24.8 Å². The van der Waals surface area contributed by atoms with Crippen LogP contribution in [-0.2, 0) is 14.3 Å². The molecule has 31 heavy (non-hydrogen) atoms. The number of esters is 1. The van der Waals surface area contributed by atoms with E-state index < -0.39 is 11.9 Å². The minimum atomic E-state index is -0.553. The number of amides is 1. The molecule has 2 N–H and O–H groups in total. The fourth-order valence-electron chi connectivity index (χ4n) is 5.29. The number of nitrogens with two attached hydrogens (primary N) is 1. The number of fused-ring (bicyclic) bond motifs is 4. The number of allylic oxidation sites excluding steroid dienone is 3. The molecule has 3 aliphatic rings. The maximum Gasteiger partial charge on any atom is 0.327 e. The molecule has 0 radical (unpaired) electrons. The molecule has 1 amide bonds. The van der Waals surface area contributed by atoms with Crippen molar-refractivity contribution in [2.24, 2.45) is 11.7 Å². The lowest BCUT2D eigenvalue weighted by Gasteiger charge is -2.40. The zero-order valence-corrected chi connectivity index (χ0v) is 17.4. The quantitative estimate of drug-likeness (QED) is 0.761. The normalized spacial score (nSPS) is 22.3. The second-order valence-corrected chi connectivity index (χ2v) is 8.51. The first-order valence-electron chi connectivity index (χ1n) is 10.9. The molecule has 2 atom stereocenters. The number of nitrogens with zero attached hydrogens (tertiary/aromatic N) is 1. The van der Waals surface area contributed by atoms with Gasteiger partial charge in [0, 0.05) is 12.5 Å². The predicted molar refractivity (Wildman–Crippen MR) is 119 cm³/mol. The summed E-state index contributed by atoms with van der Waals surface area (Å²) in [7, 11) is 0. The third kappa shape index (κ3) is 3.59. The van der Waals surface area contributed by atoms with Crippen LogP contribution in [0.4, 0.5) is 0 Å². The Balaban J connectivity index is 1.39. The van der Waals surface area contributed by atoms with Crippen LogP contribution in [0.5, 0.6) is 0 Å². The molecule has 5 heteroatoms. The van der Waals surface area contributed by atoms with E-state index in [4.69, 9.17) is 10.5 Å². The second kappa shape index (κ2) is 8.16. The molecule has 1 heterocycles. The smallest absolute Gasteiger partial charge is 0.327 e. The van der Waals surface area contributed by atoms with Gasteiger partial charge in [-0.1, -0.05) is 66.8 Å². The van der Waals surface area contributed by atoms with Crippen molar-refractivity contribution in [1.29, 1.82) is 0 Å². The number of carbonyl (C=O) groups is 2. The molecule has 5 rings (SSSR count). The summed E-state index contributed by atoms with van der Waals surface area (Å²) in [6, 6.07) is 16.0. The first-order chi connectivity index (χ1) is 15.1. The summed E-state index contributed by atoms with van der Waals surface area (Å²) >= 11 is 0. The highest BCUT2D eigenvalue weighted by Gasteiger charge is 2.40. The van der Waals surface area contributed by atoms with Gasteiger partial charge >= 0.3 is 5.97 Å². The Labute approximate surface area is 182 Å². The molecular formula is C26H26N2O3. The highest BCUT2D eigenvalue weighted by Crippen LogP contribution is 2.44. The maximum absolute atomic E-state index is 13.3. The monoisotopic (exact) mass is 414 g/mol. The van der Waals surface area contributed by atoms with Crippen LogP contribution in [0, 0.1) is 5.92 Å². The van der Waals surface area contributed by atoms with Gasteiger partial charge in [0.2, 0.25) is 5.91 Å². The van der Waals surface area contributed by atoms with E-state index >= 15 is 0 Å². The zero-order valence-electron chi connectivity index (χ0n) is 17.4. The number of benzene rings is 2. The van der Waals surface area contributed by atoms with E-state index in [0.29, 0.717) is 12.5 Å². The van der Waals surface area contributed by atoms with Crippen LogP contribution in [0.15, 0.2) is 72.3 Å². The number of hydrogen-bond donors (Lipinski definition) is 1. The topological polar surface area (TPSA) is 72.6 Å². The lowest BCUT2D eigenvalue weighted by atomic mass is 9.80. The molecule has 1 aliphatic heterocycles. The minimum absolute atomic E-state index is 0.0144. The van der Waals surface area contributed by atoms with Gasteiger partial charge in [-0.3, -0.25) is 9.69 Å². The van der Waals surface area contributed by atoms with E-state index in [1.807, 2.05) is 41.3 Å². The number of primary amides is 1. The zero-order chi connectivity index (χ0) is 21.4. The number of hydrogen-bond acceptors (Lipinski definition) is 4.